The van der Waals surface area contributed by atoms with E-state index < -0.39 is 34.5 Å². The van der Waals surface area contributed by atoms with E-state index in [1.807, 2.05) is 0 Å². The van der Waals surface area contributed by atoms with Gasteiger partial charge in [-0.2, -0.15) is 4.72 Å². The number of nitrogens with one attached hydrogen (secondary N) is 1. The topological polar surface area (TPSA) is 134 Å². The van der Waals surface area contributed by atoms with Crippen molar-refractivity contribution in [1.82, 2.24) is 4.72 Å². The molecule has 0 bridgehead atoms. The Morgan fingerprint density at radius 1 is 1.07 bits per heavy atom. The van der Waals surface area contributed by atoms with Crippen LogP contribution in [0.1, 0.15) is 5.56 Å². The van der Waals surface area contributed by atoms with Crippen molar-refractivity contribution in [2.24, 2.45) is 5.73 Å². The van der Waals surface area contributed by atoms with Crippen LogP contribution in [0.3, 0.4) is 0 Å². The molecule has 2 aromatic carbocycles. The van der Waals surface area contributed by atoms with E-state index in [0.29, 0.717) is 30.3 Å². The van der Waals surface area contributed by atoms with Crippen LogP contribution in [0, 0.1) is 0 Å². The van der Waals surface area contributed by atoms with Gasteiger partial charge in [0.2, 0.25) is 10.0 Å². The molecule has 0 radical (unpaired) electrons. The first-order valence-corrected chi connectivity index (χ1v) is 10.2. The van der Waals surface area contributed by atoms with Gasteiger partial charge in [0.25, 0.3) is 5.91 Å². The standard InChI is InChI=1S/C19H20N2O7S/c20-18(22)12-28-19(23)15(10-13-4-2-1-3-5-13)21-29(24,25)14-6-7-16-17(11-14)27-9-8-26-16/h1-7,11,15,21H,8-10,12H2,(H2,20,22)/t15-/m1/s1. The average molecular weight is 420 g/mol. The van der Waals surface area contributed by atoms with Crippen LogP contribution >= 0.6 is 0 Å². The molecule has 0 unspecified atom stereocenters. The van der Waals surface area contributed by atoms with E-state index in [4.69, 9.17) is 19.9 Å². The highest BCUT2D eigenvalue weighted by Gasteiger charge is 2.28. The molecule has 9 nitrogen and oxygen atoms in total. The molecule has 0 aromatic heterocycles. The lowest BCUT2D eigenvalue weighted by Gasteiger charge is -2.20. The van der Waals surface area contributed by atoms with Crippen LogP contribution in [0.25, 0.3) is 0 Å². The van der Waals surface area contributed by atoms with E-state index in [1.54, 1.807) is 30.3 Å². The summed E-state index contributed by atoms with van der Waals surface area (Å²) in [6.45, 7) is 0.0398. The molecule has 29 heavy (non-hydrogen) atoms. The van der Waals surface area contributed by atoms with E-state index in [2.05, 4.69) is 4.72 Å². The molecule has 0 fully saturated rings. The first kappa shape index (κ1) is 20.6. The number of rotatable bonds is 8. The van der Waals surface area contributed by atoms with Crippen LogP contribution < -0.4 is 19.9 Å². The molecule has 154 valence electrons. The third-order valence-corrected chi connectivity index (χ3v) is 5.51. The highest BCUT2D eigenvalue weighted by Crippen LogP contribution is 2.32. The molecule has 2 aromatic rings. The Labute approximate surface area is 167 Å². The number of hydrogen-bond acceptors (Lipinski definition) is 7. The molecule has 1 amide bonds. The maximum atomic E-state index is 12.9. The van der Waals surface area contributed by atoms with E-state index in [9.17, 15) is 18.0 Å². The zero-order valence-electron chi connectivity index (χ0n) is 15.4. The second-order valence-electron chi connectivity index (χ2n) is 6.24. The second-order valence-corrected chi connectivity index (χ2v) is 7.96. The maximum absolute atomic E-state index is 12.9. The number of fused-ring (bicyclic) bond motifs is 1. The number of primary amides is 1. The summed E-state index contributed by atoms with van der Waals surface area (Å²) in [7, 11) is -4.10. The molecular formula is C19H20N2O7S. The van der Waals surface area contributed by atoms with Gasteiger partial charge in [-0.05, 0) is 24.1 Å². The SMILES string of the molecule is NC(=O)COC(=O)[C@@H](Cc1ccccc1)NS(=O)(=O)c1ccc2c(c1)OCCO2. The Balaban J connectivity index is 1.83. The summed E-state index contributed by atoms with van der Waals surface area (Å²) in [6, 6.07) is 11.7. The summed E-state index contributed by atoms with van der Waals surface area (Å²) in [5.74, 6) is -1.01. The van der Waals surface area contributed by atoms with Crippen LogP contribution in [0.4, 0.5) is 0 Å². The molecule has 0 aliphatic carbocycles. The molecule has 0 spiro atoms. The Hall–Kier alpha value is -3.11. The van der Waals surface area contributed by atoms with Gasteiger partial charge >= 0.3 is 5.97 Å². The largest absolute Gasteiger partial charge is 0.486 e. The number of ether oxygens (including phenoxy) is 3. The number of esters is 1. The summed E-state index contributed by atoms with van der Waals surface area (Å²) < 4.78 is 43.7. The van der Waals surface area contributed by atoms with Gasteiger partial charge in [-0.1, -0.05) is 30.3 Å². The average Bonchev–Trinajstić information content (AvgIpc) is 2.71. The van der Waals surface area contributed by atoms with Crippen molar-refractivity contribution in [3.8, 4) is 11.5 Å². The van der Waals surface area contributed by atoms with Gasteiger partial charge < -0.3 is 19.9 Å². The lowest BCUT2D eigenvalue weighted by molar-refractivity contribution is -0.149. The van der Waals surface area contributed by atoms with E-state index in [0.717, 1.165) is 0 Å². The Morgan fingerprint density at radius 2 is 1.76 bits per heavy atom. The van der Waals surface area contributed by atoms with Crippen molar-refractivity contribution in [1.29, 1.82) is 0 Å². The molecule has 1 heterocycles. The number of carbonyl (C=O) groups is 2. The van der Waals surface area contributed by atoms with Crippen LogP contribution in [0.5, 0.6) is 11.5 Å². The van der Waals surface area contributed by atoms with E-state index >= 15 is 0 Å². The van der Waals surface area contributed by atoms with Crippen molar-refractivity contribution in [2.75, 3.05) is 19.8 Å². The fourth-order valence-corrected chi connectivity index (χ4v) is 3.91. The molecule has 1 atom stereocenters. The first-order valence-electron chi connectivity index (χ1n) is 8.76. The van der Waals surface area contributed by atoms with E-state index in [1.165, 1.54) is 18.2 Å². The number of benzene rings is 2. The normalized spacial score (nSPS) is 14.1. The highest BCUT2D eigenvalue weighted by atomic mass is 32.2. The molecular weight excluding hydrogens is 400 g/mol. The third-order valence-electron chi connectivity index (χ3n) is 4.05. The van der Waals surface area contributed by atoms with Crippen LogP contribution in [-0.4, -0.2) is 46.2 Å². The third kappa shape index (κ3) is 5.46. The van der Waals surface area contributed by atoms with Gasteiger partial charge in [0.1, 0.15) is 19.3 Å². The van der Waals surface area contributed by atoms with Crippen molar-refractivity contribution in [3.05, 3.63) is 54.1 Å². The highest BCUT2D eigenvalue weighted by molar-refractivity contribution is 7.89. The zero-order chi connectivity index (χ0) is 20.9. The van der Waals surface area contributed by atoms with Gasteiger partial charge in [0, 0.05) is 6.07 Å². The summed E-state index contributed by atoms with van der Waals surface area (Å²) >= 11 is 0. The maximum Gasteiger partial charge on any atom is 0.325 e. The molecule has 1 aliphatic heterocycles. The minimum atomic E-state index is -4.10. The minimum absolute atomic E-state index is 0.0300. The van der Waals surface area contributed by atoms with Crippen molar-refractivity contribution < 1.29 is 32.2 Å². The Kier molecular flexibility index (Phi) is 6.35. The predicted octanol–water partition coefficient (Wildman–Crippen LogP) is 0.376. The smallest absolute Gasteiger partial charge is 0.325 e. The summed E-state index contributed by atoms with van der Waals surface area (Å²) in [5.41, 5.74) is 5.70. The summed E-state index contributed by atoms with van der Waals surface area (Å²) in [4.78, 5) is 23.2. The van der Waals surface area contributed by atoms with Crippen molar-refractivity contribution >= 4 is 21.9 Å². The van der Waals surface area contributed by atoms with Crippen LogP contribution in [-0.2, 0) is 30.8 Å². The fraction of sp³-hybridized carbons (Fsp3) is 0.263. The molecule has 0 saturated heterocycles. The van der Waals surface area contributed by atoms with Crippen molar-refractivity contribution in [3.63, 3.8) is 0 Å². The lowest BCUT2D eigenvalue weighted by Crippen LogP contribution is -2.44. The van der Waals surface area contributed by atoms with Crippen LogP contribution in [0.2, 0.25) is 0 Å². The Morgan fingerprint density at radius 3 is 2.45 bits per heavy atom. The molecule has 10 heteroatoms. The van der Waals surface area contributed by atoms with Gasteiger partial charge in [0.15, 0.2) is 18.1 Å². The molecule has 0 saturated carbocycles. The van der Waals surface area contributed by atoms with E-state index in [-0.39, 0.29) is 11.3 Å². The predicted molar refractivity (Wildman–Crippen MR) is 102 cm³/mol. The fourth-order valence-electron chi connectivity index (χ4n) is 2.71. The van der Waals surface area contributed by atoms with Gasteiger partial charge in [-0.15, -0.1) is 0 Å². The first-order chi connectivity index (χ1) is 13.8. The summed E-state index contributed by atoms with van der Waals surface area (Å²) in [6.07, 6.45) is 0.0300. The number of carbonyl (C=O) groups excluding carboxylic acids is 2. The van der Waals surface area contributed by atoms with Gasteiger partial charge in [0.05, 0.1) is 4.90 Å². The summed E-state index contributed by atoms with van der Waals surface area (Å²) in [5, 5.41) is 0. The van der Waals surface area contributed by atoms with Gasteiger partial charge in [-0.25, -0.2) is 8.42 Å². The second kappa shape index (κ2) is 8.93. The number of hydrogen-bond donors (Lipinski definition) is 2. The molecule has 3 N–H and O–H groups in total. The Bertz CT molecular complexity index is 993. The molecule has 1 aliphatic rings. The monoisotopic (exact) mass is 420 g/mol. The molecule has 3 rings (SSSR count). The number of sulfonamides is 1. The number of amides is 1. The number of nitrogens with two attached hydrogens (primary N) is 1. The quantitative estimate of drug-likeness (QED) is 0.590. The van der Waals surface area contributed by atoms with Crippen LogP contribution in [0.15, 0.2) is 53.4 Å². The van der Waals surface area contributed by atoms with Gasteiger partial charge in [-0.3, -0.25) is 9.59 Å². The minimum Gasteiger partial charge on any atom is -0.486 e. The van der Waals surface area contributed by atoms with Crippen molar-refractivity contribution in [2.45, 2.75) is 17.4 Å². The zero-order valence-corrected chi connectivity index (χ0v) is 16.2. The lowest BCUT2D eigenvalue weighted by atomic mass is 10.1.